The Balaban J connectivity index is 1.59. The third-order valence-electron chi connectivity index (χ3n) is 5.69. The third kappa shape index (κ3) is 5.12. The first-order chi connectivity index (χ1) is 16.1. The minimum absolute atomic E-state index is 0.219. The largest absolute Gasteiger partial charge is 0.497 e. The highest BCUT2D eigenvalue weighted by Crippen LogP contribution is 2.43. The average Bonchev–Trinajstić information content (AvgIpc) is 3.30. The zero-order chi connectivity index (χ0) is 24.5. The van der Waals surface area contributed by atoms with Crippen LogP contribution in [0.4, 0.5) is 24.8 Å². The summed E-state index contributed by atoms with van der Waals surface area (Å²) >= 11 is 1.27. The van der Waals surface area contributed by atoms with E-state index < -0.39 is 29.4 Å². The second-order valence-corrected chi connectivity index (χ2v) is 9.04. The maximum Gasteiger partial charge on any atom is 0.433 e. The Hall–Kier alpha value is -3.25. The SMILES string of the molecule is COc1cc(Nc2nccc(C(F)(F)F)n2)cc(-c2cnc(C3(O)CCC(C(=O)O)CC3)s2)c1. The molecule has 2 heterocycles. The van der Waals surface area contributed by atoms with Crippen molar-refractivity contribution in [3.05, 3.63) is 47.4 Å². The van der Waals surface area contributed by atoms with Crippen molar-refractivity contribution in [1.82, 2.24) is 15.0 Å². The molecule has 180 valence electrons. The molecule has 12 heteroatoms. The summed E-state index contributed by atoms with van der Waals surface area (Å²) in [5.41, 5.74) is -1.18. The van der Waals surface area contributed by atoms with Crippen LogP contribution in [0.2, 0.25) is 0 Å². The van der Waals surface area contributed by atoms with Crippen LogP contribution in [0.3, 0.4) is 0 Å². The molecule has 4 rings (SSSR count). The van der Waals surface area contributed by atoms with Crippen LogP contribution in [0.1, 0.15) is 36.4 Å². The van der Waals surface area contributed by atoms with Crippen molar-refractivity contribution in [2.75, 3.05) is 12.4 Å². The first kappa shape index (κ1) is 23.9. The number of hydrogen-bond donors (Lipinski definition) is 3. The maximum absolute atomic E-state index is 13.0. The number of carbonyl (C=O) groups is 1. The van der Waals surface area contributed by atoms with Crippen LogP contribution in [0.15, 0.2) is 36.7 Å². The standard InChI is InChI=1S/C22H21F3N4O4S/c1-33-15-9-13(8-14(10-15)28-20-26-7-4-17(29-20)22(23,24)25)16-11-27-19(34-16)21(32)5-2-12(3-6-21)18(30)31/h4,7-12,32H,2-3,5-6H2,1H3,(H,30,31)(H,26,28,29). The number of rotatable bonds is 6. The number of methoxy groups -OCH3 is 1. The van der Waals surface area contributed by atoms with Crippen molar-refractivity contribution in [2.45, 2.75) is 37.5 Å². The molecule has 0 unspecified atom stereocenters. The van der Waals surface area contributed by atoms with E-state index in [4.69, 9.17) is 4.74 Å². The molecule has 1 aromatic carbocycles. The summed E-state index contributed by atoms with van der Waals surface area (Å²) in [6.07, 6.45) is -0.643. The summed E-state index contributed by atoms with van der Waals surface area (Å²) in [5, 5.41) is 23.5. The van der Waals surface area contributed by atoms with Gasteiger partial charge in [-0.3, -0.25) is 4.79 Å². The minimum Gasteiger partial charge on any atom is -0.497 e. The summed E-state index contributed by atoms with van der Waals surface area (Å²) in [4.78, 5) is 23.7. The molecule has 0 radical (unpaired) electrons. The van der Waals surface area contributed by atoms with E-state index in [1.165, 1.54) is 18.4 Å². The van der Waals surface area contributed by atoms with E-state index in [-0.39, 0.29) is 5.95 Å². The Morgan fingerprint density at radius 3 is 2.62 bits per heavy atom. The van der Waals surface area contributed by atoms with E-state index in [0.29, 0.717) is 52.6 Å². The molecule has 0 saturated heterocycles. The van der Waals surface area contributed by atoms with Crippen LogP contribution in [-0.4, -0.2) is 38.2 Å². The number of carboxylic acids is 1. The van der Waals surface area contributed by atoms with Crippen LogP contribution in [0.25, 0.3) is 10.4 Å². The van der Waals surface area contributed by atoms with Crippen molar-refractivity contribution in [3.8, 4) is 16.2 Å². The second-order valence-electron chi connectivity index (χ2n) is 8.01. The molecule has 3 aromatic rings. The van der Waals surface area contributed by atoms with Crippen molar-refractivity contribution in [2.24, 2.45) is 5.92 Å². The van der Waals surface area contributed by atoms with Gasteiger partial charge in [-0.1, -0.05) is 0 Å². The quantitative estimate of drug-likeness (QED) is 0.446. The number of thiazole rings is 1. The van der Waals surface area contributed by atoms with Gasteiger partial charge in [-0.05, 0) is 49.4 Å². The Bertz CT molecular complexity index is 1190. The predicted octanol–water partition coefficient (Wildman–Crippen LogP) is 4.83. The van der Waals surface area contributed by atoms with Gasteiger partial charge in [0.05, 0.1) is 17.9 Å². The van der Waals surface area contributed by atoms with E-state index >= 15 is 0 Å². The molecular weight excluding hydrogens is 473 g/mol. The van der Waals surface area contributed by atoms with E-state index in [9.17, 15) is 28.2 Å². The van der Waals surface area contributed by atoms with Gasteiger partial charge < -0.3 is 20.3 Å². The zero-order valence-corrected chi connectivity index (χ0v) is 18.8. The van der Waals surface area contributed by atoms with Crippen molar-refractivity contribution in [1.29, 1.82) is 0 Å². The number of halogens is 3. The van der Waals surface area contributed by atoms with Gasteiger partial charge >= 0.3 is 12.1 Å². The van der Waals surface area contributed by atoms with E-state index in [1.807, 2.05) is 0 Å². The number of hydrogen-bond acceptors (Lipinski definition) is 8. The number of ether oxygens (including phenoxy) is 1. The molecule has 0 aliphatic heterocycles. The lowest BCUT2D eigenvalue weighted by atomic mass is 9.79. The van der Waals surface area contributed by atoms with Gasteiger partial charge in [0.15, 0.2) is 0 Å². The maximum atomic E-state index is 13.0. The number of nitrogens with zero attached hydrogens (tertiary/aromatic N) is 3. The molecule has 2 aromatic heterocycles. The van der Waals surface area contributed by atoms with Crippen LogP contribution >= 0.6 is 11.3 Å². The number of alkyl halides is 3. The van der Waals surface area contributed by atoms with Crippen molar-refractivity contribution in [3.63, 3.8) is 0 Å². The molecule has 0 amide bonds. The molecule has 34 heavy (non-hydrogen) atoms. The number of aliphatic hydroxyl groups is 1. The van der Waals surface area contributed by atoms with Crippen LogP contribution in [0.5, 0.6) is 5.75 Å². The fraction of sp³-hybridized carbons (Fsp3) is 0.364. The first-order valence-electron chi connectivity index (χ1n) is 10.4. The van der Waals surface area contributed by atoms with Gasteiger partial charge in [0, 0.05) is 24.1 Å². The molecule has 1 saturated carbocycles. The average molecular weight is 494 g/mol. The molecular formula is C22H21F3N4O4S. The fourth-order valence-corrected chi connectivity index (χ4v) is 4.87. The lowest BCUT2D eigenvalue weighted by Crippen LogP contribution is -2.33. The highest BCUT2D eigenvalue weighted by molar-refractivity contribution is 7.15. The number of carboxylic acid groups (broad SMARTS) is 1. The Morgan fingerprint density at radius 2 is 1.97 bits per heavy atom. The van der Waals surface area contributed by atoms with Crippen molar-refractivity contribution < 1.29 is 32.9 Å². The molecule has 1 aliphatic carbocycles. The predicted molar refractivity (Wildman–Crippen MR) is 118 cm³/mol. The van der Waals surface area contributed by atoms with Crippen LogP contribution in [-0.2, 0) is 16.6 Å². The number of nitrogens with one attached hydrogen (secondary N) is 1. The topological polar surface area (TPSA) is 117 Å². The van der Waals surface area contributed by atoms with E-state index in [2.05, 4.69) is 20.3 Å². The van der Waals surface area contributed by atoms with E-state index in [0.717, 1.165) is 12.3 Å². The minimum atomic E-state index is -4.60. The molecule has 1 fully saturated rings. The number of anilines is 2. The fourth-order valence-electron chi connectivity index (χ4n) is 3.82. The second kappa shape index (κ2) is 9.18. The lowest BCUT2D eigenvalue weighted by Gasteiger charge is -2.32. The highest BCUT2D eigenvalue weighted by atomic mass is 32.1. The Morgan fingerprint density at radius 1 is 1.24 bits per heavy atom. The van der Waals surface area contributed by atoms with Gasteiger partial charge in [-0.15, -0.1) is 11.3 Å². The number of aliphatic carboxylic acids is 1. The third-order valence-corrected chi connectivity index (χ3v) is 6.93. The van der Waals surface area contributed by atoms with E-state index in [1.54, 1.807) is 24.4 Å². The summed E-state index contributed by atoms with van der Waals surface area (Å²) in [7, 11) is 1.46. The molecule has 3 N–H and O–H groups in total. The molecule has 0 atom stereocenters. The normalized spacial score (nSPS) is 20.7. The molecule has 0 bridgehead atoms. The van der Waals surface area contributed by atoms with Gasteiger partial charge in [0.25, 0.3) is 0 Å². The van der Waals surface area contributed by atoms with Gasteiger partial charge in [-0.2, -0.15) is 13.2 Å². The summed E-state index contributed by atoms with van der Waals surface area (Å²) < 4.78 is 44.2. The zero-order valence-electron chi connectivity index (χ0n) is 18.0. The molecule has 1 aliphatic rings. The highest BCUT2D eigenvalue weighted by Gasteiger charge is 2.39. The summed E-state index contributed by atoms with van der Waals surface area (Å²) in [6, 6.07) is 5.81. The monoisotopic (exact) mass is 494 g/mol. The smallest absolute Gasteiger partial charge is 0.433 e. The van der Waals surface area contributed by atoms with Crippen molar-refractivity contribution >= 4 is 28.9 Å². The Labute approximate surface area is 196 Å². The lowest BCUT2D eigenvalue weighted by molar-refractivity contribution is -0.145. The summed E-state index contributed by atoms with van der Waals surface area (Å²) in [6.45, 7) is 0. The molecule has 0 spiro atoms. The number of aromatic nitrogens is 3. The number of benzene rings is 1. The summed E-state index contributed by atoms with van der Waals surface area (Å²) in [5.74, 6) is -1.10. The van der Waals surface area contributed by atoms with Gasteiger partial charge in [0.2, 0.25) is 5.95 Å². The van der Waals surface area contributed by atoms with Crippen LogP contribution < -0.4 is 10.1 Å². The van der Waals surface area contributed by atoms with Gasteiger partial charge in [0.1, 0.15) is 22.1 Å². The Kier molecular flexibility index (Phi) is 6.45. The van der Waals surface area contributed by atoms with Crippen LogP contribution in [0, 0.1) is 5.92 Å². The van der Waals surface area contributed by atoms with Gasteiger partial charge in [-0.25, -0.2) is 15.0 Å². The molecule has 8 nitrogen and oxygen atoms in total. The first-order valence-corrected chi connectivity index (χ1v) is 11.2.